The predicted octanol–water partition coefficient (Wildman–Crippen LogP) is 1.59. The first kappa shape index (κ1) is 10.9. The van der Waals surface area contributed by atoms with Crippen molar-refractivity contribution < 1.29 is 0 Å². The smallest absolute Gasteiger partial charge is 0.0134 e. The Balaban J connectivity index is 0. The van der Waals surface area contributed by atoms with Crippen LogP contribution in [0.25, 0.3) is 0 Å². The van der Waals surface area contributed by atoms with E-state index in [4.69, 9.17) is 0 Å². The summed E-state index contributed by atoms with van der Waals surface area (Å²) < 4.78 is 0. The normalized spacial score (nSPS) is 8.38. The molecule has 0 saturated carbocycles. The number of hydrogen-bond acceptors (Lipinski definition) is 1. The monoisotopic (exact) mass is 135 g/mol. The van der Waals surface area contributed by atoms with Gasteiger partial charge in [-0.1, -0.05) is 19.9 Å². The van der Waals surface area contributed by atoms with E-state index >= 15 is 0 Å². The minimum Gasteiger partial charge on any atom is -0.311 e. The Morgan fingerprint density at radius 2 is 2.12 bits per heavy atom. The summed E-state index contributed by atoms with van der Waals surface area (Å²) in [4.78, 5) is 0. The molecule has 0 aromatic carbocycles. The van der Waals surface area contributed by atoms with Crippen LogP contribution in [-0.2, 0) is 0 Å². The van der Waals surface area contributed by atoms with Crippen LogP contribution in [0.2, 0.25) is 0 Å². The van der Waals surface area contributed by atoms with Crippen molar-refractivity contribution in [2.75, 3.05) is 6.54 Å². The average molecular weight is 136 g/mol. The molecule has 0 bridgehead atoms. The third-order valence-corrected chi connectivity index (χ3v) is 0.670. The van der Waals surface area contributed by atoms with Gasteiger partial charge < -0.3 is 5.32 Å². The fourth-order valence-electron chi connectivity index (χ4n) is 0.319. The molecule has 1 N–H and O–H groups in total. The van der Waals surface area contributed by atoms with E-state index in [1.165, 1.54) is 0 Å². The molecule has 0 aromatic heterocycles. The molecule has 0 aromatic rings. The molecule has 0 radical (unpaired) electrons. The fourth-order valence-corrected chi connectivity index (χ4v) is 0.319. The van der Waals surface area contributed by atoms with Crippen molar-refractivity contribution in [3.63, 3.8) is 0 Å². The Morgan fingerprint density at radius 1 is 1.62 bits per heavy atom. The van der Waals surface area contributed by atoms with Crippen molar-refractivity contribution in [2.24, 2.45) is 0 Å². The molecule has 0 aliphatic rings. The molecule has 8 heavy (non-hydrogen) atoms. The minimum absolute atomic E-state index is 0. The second kappa shape index (κ2) is 6.99. The molecule has 0 amide bonds. The highest BCUT2D eigenvalue weighted by Gasteiger charge is 1.83. The van der Waals surface area contributed by atoms with Crippen molar-refractivity contribution in [3.05, 3.63) is 12.7 Å². The molecule has 0 heterocycles. The van der Waals surface area contributed by atoms with Gasteiger partial charge in [-0.3, -0.25) is 0 Å². The Bertz CT molecular complexity index is 52.5. The third kappa shape index (κ3) is 9.37. The molecule has 50 valence electrons. The quantitative estimate of drug-likeness (QED) is 0.580. The maximum Gasteiger partial charge on any atom is 0.0134 e. The van der Waals surface area contributed by atoms with E-state index in [1.54, 1.807) is 0 Å². The molecule has 2 heteroatoms. The van der Waals surface area contributed by atoms with Crippen molar-refractivity contribution >= 4 is 12.4 Å². The van der Waals surface area contributed by atoms with Crippen LogP contribution < -0.4 is 5.32 Å². The van der Waals surface area contributed by atoms with E-state index in [0.717, 1.165) is 6.54 Å². The van der Waals surface area contributed by atoms with E-state index in [9.17, 15) is 0 Å². The molecule has 0 spiro atoms. The standard InChI is InChI=1S/C6H13N.ClH/c1-4-5-7-6(2)3;/h4,6-7H,1,5H2,2-3H3;1H. The SMILES string of the molecule is C=CCNC(C)C.Cl. The van der Waals surface area contributed by atoms with Gasteiger partial charge >= 0.3 is 0 Å². The Hall–Kier alpha value is -0.0100. The van der Waals surface area contributed by atoms with Crippen LogP contribution in [-0.4, -0.2) is 12.6 Å². The summed E-state index contributed by atoms with van der Waals surface area (Å²) in [5, 5.41) is 3.18. The van der Waals surface area contributed by atoms with Gasteiger partial charge in [0.1, 0.15) is 0 Å². The van der Waals surface area contributed by atoms with Gasteiger partial charge in [0.2, 0.25) is 0 Å². The number of hydrogen-bond donors (Lipinski definition) is 1. The summed E-state index contributed by atoms with van der Waals surface area (Å²) in [6, 6.07) is 0.581. The van der Waals surface area contributed by atoms with Gasteiger partial charge in [0, 0.05) is 12.6 Å². The van der Waals surface area contributed by atoms with Crippen LogP contribution in [0.4, 0.5) is 0 Å². The summed E-state index contributed by atoms with van der Waals surface area (Å²) in [5.41, 5.74) is 0. The van der Waals surface area contributed by atoms with Crippen LogP contribution in [0, 0.1) is 0 Å². The maximum atomic E-state index is 3.57. The van der Waals surface area contributed by atoms with Crippen molar-refractivity contribution in [3.8, 4) is 0 Å². The summed E-state index contributed by atoms with van der Waals surface area (Å²) >= 11 is 0. The molecule has 0 fully saturated rings. The molecule has 0 aliphatic carbocycles. The molecule has 0 rings (SSSR count). The second-order valence-electron chi connectivity index (χ2n) is 1.85. The molecule has 0 aliphatic heterocycles. The van der Waals surface area contributed by atoms with Crippen molar-refractivity contribution in [1.29, 1.82) is 0 Å². The van der Waals surface area contributed by atoms with E-state index in [1.807, 2.05) is 6.08 Å². The van der Waals surface area contributed by atoms with Gasteiger partial charge in [0.05, 0.1) is 0 Å². The fraction of sp³-hybridized carbons (Fsp3) is 0.667. The maximum absolute atomic E-state index is 3.57. The van der Waals surface area contributed by atoms with Crippen LogP contribution in [0.3, 0.4) is 0 Å². The molecular weight excluding hydrogens is 122 g/mol. The lowest BCUT2D eigenvalue weighted by Crippen LogP contribution is -2.21. The first-order chi connectivity index (χ1) is 3.27. The molecule has 1 nitrogen and oxygen atoms in total. The highest BCUT2D eigenvalue weighted by atomic mass is 35.5. The zero-order chi connectivity index (χ0) is 5.70. The topological polar surface area (TPSA) is 12.0 Å². The third-order valence-electron chi connectivity index (χ3n) is 0.670. The van der Waals surface area contributed by atoms with Gasteiger partial charge in [0.25, 0.3) is 0 Å². The molecule has 0 atom stereocenters. The van der Waals surface area contributed by atoms with Crippen LogP contribution >= 0.6 is 12.4 Å². The lowest BCUT2D eigenvalue weighted by atomic mass is 10.4. The molecular formula is C6H14ClN. The van der Waals surface area contributed by atoms with Crippen LogP contribution in [0.5, 0.6) is 0 Å². The van der Waals surface area contributed by atoms with Crippen molar-refractivity contribution in [2.45, 2.75) is 19.9 Å². The summed E-state index contributed by atoms with van der Waals surface area (Å²) in [5.74, 6) is 0. The lowest BCUT2D eigenvalue weighted by molar-refractivity contribution is 0.633. The highest BCUT2D eigenvalue weighted by molar-refractivity contribution is 5.85. The predicted molar refractivity (Wildman–Crippen MR) is 40.6 cm³/mol. The van der Waals surface area contributed by atoms with E-state index in [0.29, 0.717) is 6.04 Å². The van der Waals surface area contributed by atoms with E-state index in [-0.39, 0.29) is 12.4 Å². The summed E-state index contributed by atoms with van der Waals surface area (Å²) in [7, 11) is 0. The first-order valence-electron chi connectivity index (χ1n) is 2.61. The first-order valence-corrected chi connectivity index (χ1v) is 2.61. The number of rotatable bonds is 3. The Morgan fingerprint density at radius 3 is 2.25 bits per heavy atom. The molecule has 0 saturated heterocycles. The van der Waals surface area contributed by atoms with Crippen molar-refractivity contribution in [1.82, 2.24) is 5.32 Å². The summed E-state index contributed by atoms with van der Waals surface area (Å²) in [6.07, 6.45) is 1.86. The zero-order valence-electron chi connectivity index (χ0n) is 5.48. The van der Waals surface area contributed by atoms with Gasteiger partial charge in [-0.05, 0) is 0 Å². The number of halogens is 1. The van der Waals surface area contributed by atoms with Gasteiger partial charge in [-0.15, -0.1) is 19.0 Å². The van der Waals surface area contributed by atoms with Crippen LogP contribution in [0.15, 0.2) is 12.7 Å². The van der Waals surface area contributed by atoms with Crippen LogP contribution in [0.1, 0.15) is 13.8 Å². The average Bonchev–Trinajstić information content (AvgIpc) is 1.61. The lowest BCUT2D eigenvalue weighted by Gasteiger charge is -2.01. The van der Waals surface area contributed by atoms with Gasteiger partial charge in [-0.25, -0.2) is 0 Å². The highest BCUT2D eigenvalue weighted by Crippen LogP contribution is 1.72. The van der Waals surface area contributed by atoms with E-state index in [2.05, 4.69) is 25.7 Å². The number of nitrogens with one attached hydrogen (secondary N) is 1. The Kier molecular flexibility index (Phi) is 9.51. The van der Waals surface area contributed by atoms with E-state index < -0.39 is 0 Å². The summed E-state index contributed by atoms with van der Waals surface area (Å²) in [6.45, 7) is 8.71. The largest absolute Gasteiger partial charge is 0.311 e. The second-order valence-corrected chi connectivity index (χ2v) is 1.85. The molecule has 0 unspecified atom stereocenters. The minimum atomic E-state index is 0. The Labute approximate surface area is 57.6 Å². The van der Waals surface area contributed by atoms with Gasteiger partial charge in [-0.2, -0.15) is 0 Å². The zero-order valence-corrected chi connectivity index (χ0v) is 6.29. The van der Waals surface area contributed by atoms with Gasteiger partial charge in [0.15, 0.2) is 0 Å².